The van der Waals surface area contributed by atoms with Gasteiger partial charge in [0, 0.05) is 17.8 Å². The first-order chi connectivity index (χ1) is 11.9. The zero-order valence-corrected chi connectivity index (χ0v) is 16.2. The summed E-state index contributed by atoms with van der Waals surface area (Å²) in [5.41, 5.74) is 1.18. The van der Waals surface area contributed by atoms with Crippen LogP contribution >= 0.6 is 23.1 Å². The third kappa shape index (κ3) is 4.60. The number of ether oxygens (including phenoxy) is 1. The van der Waals surface area contributed by atoms with E-state index in [1.165, 1.54) is 23.1 Å². The van der Waals surface area contributed by atoms with Crippen LogP contribution in [0.25, 0.3) is 0 Å². The number of thioether (sulfide) groups is 1. The van der Waals surface area contributed by atoms with Gasteiger partial charge in [-0.1, -0.05) is 11.8 Å². The van der Waals surface area contributed by atoms with Crippen LogP contribution in [-0.2, 0) is 14.3 Å². The Morgan fingerprint density at radius 3 is 2.68 bits per heavy atom. The number of hydrogen-bond donors (Lipinski definition) is 2. The van der Waals surface area contributed by atoms with Crippen molar-refractivity contribution in [3.8, 4) is 0 Å². The minimum Gasteiger partial charge on any atom is -0.462 e. The van der Waals surface area contributed by atoms with Gasteiger partial charge in [0.15, 0.2) is 5.17 Å². The summed E-state index contributed by atoms with van der Waals surface area (Å²) in [7, 11) is 0. The van der Waals surface area contributed by atoms with Crippen molar-refractivity contribution in [1.29, 1.82) is 0 Å². The van der Waals surface area contributed by atoms with Gasteiger partial charge in [0.2, 0.25) is 11.8 Å². The van der Waals surface area contributed by atoms with Gasteiger partial charge in [-0.15, -0.1) is 11.3 Å². The highest BCUT2D eigenvalue weighted by Gasteiger charge is 2.32. The molecule has 1 unspecified atom stereocenters. The Hall–Kier alpha value is -1.87. The van der Waals surface area contributed by atoms with Gasteiger partial charge in [0.1, 0.15) is 10.3 Å². The molecule has 2 rings (SSSR count). The Morgan fingerprint density at radius 2 is 2.04 bits per heavy atom. The molecule has 0 bridgehead atoms. The first-order valence-electron chi connectivity index (χ1n) is 7.96. The molecule has 2 heterocycles. The predicted molar refractivity (Wildman–Crippen MR) is 100 cm³/mol. The lowest BCUT2D eigenvalue weighted by Gasteiger charge is -2.08. The topological polar surface area (TPSA) is 96.9 Å². The van der Waals surface area contributed by atoms with Crippen molar-refractivity contribution in [2.24, 2.45) is 4.99 Å². The Balaban J connectivity index is 2.09. The zero-order valence-electron chi connectivity index (χ0n) is 14.6. The maximum atomic E-state index is 12.3. The normalized spacial score (nSPS) is 18.3. The number of hydrogen-bond acceptors (Lipinski definition) is 7. The average Bonchev–Trinajstić information content (AvgIpc) is 3.00. The quantitative estimate of drug-likeness (QED) is 0.736. The molecule has 0 radical (unpaired) electrons. The molecule has 1 aliphatic rings. The monoisotopic (exact) mass is 383 g/mol. The molecule has 1 fully saturated rings. The van der Waals surface area contributed by atoms with Gasteiger partial charge in [0.25, 0.3) is 0 Å². The first-order valence-corrected chi connectivity index (χ1v) is 9.65. The highest BCUT2D eigenvalue weighted by molar-refractivity contribution is 8.15. The van der Waals surface area contributed by atoms with Crippen molar-refractivity contribution in [1.82, 2.24) is 5.32 Å². The first kappa shape index (κ1) is 19.5. The molecule has 136 valence electrons. The van der Waals surface area contributed by atoms with Crippen molar-refractivity contribution < 1.29 is 19.1 Å². The van der Waals surface area contributed by atoms with Crippen LogP contribution in [0.5, 0.6) is 0 Å². The molecule has 0 aliphatic carbocycles. The van der Waals surface area contributed by atoms with E-state index in [-0.39, 0.29) is 24.8 Å². The summed E-state index contributed by atoms with van der Waals surface area (Å²) in [6.45, 7) is 8.14. The van der Waals surface area contributed by atoms with Crippen LogP contribution in [0.3, 0.4) is 0 Å². The van der Waals surface area contributed by atoms with E-state index in [0.717, 1.165) is 10.4 Å². The number of carbonyl (C=O) groups excluding carboxylic acids is 3. The Morgan fingerprint density at radius 1 is 1.32 bits per heavy atom. The molecule has 9 heteroatoms. The lowest BCUT2D eigenvalue weighted by atomic mass is 10.1. The lowest BCUT2D eigenvalue weighted by Crippen LogP contribution is -2.28. The van der Waals surface area contributed by atoms with Crippen molar-refractivity contribution in [2.45, 2.75) is 39.4 Å². The molecule has 1 aromatic heterocycles. The predicted octanol–water partition coefficient (Wildman–Crippen LogP) is 2.48. The molecule has 25 heavy (non-hydrogen) atoms. The van der Waals surface area contributed by atoms with E-state index in [1.54, 1.807) is 6.92 Å². The summed E-state index contributed by atoms with van der Waals surface area (Å²) in [5, 5.41) is 5.90. The number of anilines is 1. The lowest BCUT2D eigenvalue weighted by molar-refractivity contribution is -0.122. The average molecular weight is 383 g/mol. The van der Waals surface area contributed by atoms with E-state index < -0.39 is 11.2 Å². The van der Waals surface area contributed by atoms with Gasteiger partial charge in [-0.05, 0) is 33.3 Å². The van der Waals surface area contributed by atoms with Gasteiger partial charge in [0.05, 0.1) is 12.2 Å². The van der Waals surface area contributed by atoms with E-state index >= 15 is 0 Å². The van der Waals surface area contributed by atoms with Gasteiger partial charge in [-0.2, -0.15) is 0 Å². The number of rotatable bonds is 6. The maximum absolute atomic E-state index is 12.3. The molecule has 7 nitrogen and oxygen atoms in total. The largest absolute Gasteiger partial charge is 0.462 e. The van der Waals surface area contributed by atoms with Crippen LogP contribution in [0.1, 0.15) is 41.1 Å². The summed E-state index contributed by atoms with van der Waals surface area (Å²) in [5.74, 6) is -1.00. The second-order valence-corrected chi connectivity index (χ2v) is 7.75. The van der Waals surface area contributed by atoms with E-state index in [4.69, 9.17) is 4.74 Å². The third-order valence-electron chi connectivity index (χ3n) is 3.57. The van der Waals surface area contributed by atoms with Gasteiger partial charge in [-0.3, -0.25) is 14.6 Å². The number of amides is 2. The van der Waals surface area contributed by atoms with Crippen LogP contribution < -0.4 is 10.6 Å². The summed E-state index contributed by atoms with van der Waals surface area (Å²) in [4.78, 5) is 41.5. The Kier molecular flexibility index (Phi) is 6.60. The van der Waals surface area contributed by atoms with Crippen molar-refractivity contribution >= 4 is 51.1 Å². The fourth-order valence-electron chi connectivity index (χ4n) is 2.27. The molecular weight excluding hydrogens is 362 g/mol. The number of aliphatic imine (C=N–C) groups is 1. The molecule has 1 atom stereocenters. The van der Waals surface area contributed by atoms with Gasteiger partial charge >= 0.3 is 5.97 Å². The minimum atomic E-state index is -0.515. The van der Waals surface area contributed by atoms with Crippen LogP contribution in [0.4, 0.5) is 5.00 Å². The molecule has 0 spiro atoms. The van der Waals surface area contributed by atoms with Crippen LogP contribution in [0.15, 0.2) is 4.99 Å². The van der Waals surface area contributed by atoms with E-state index in [0.29, 0.717) is 22.3 Å². The molecule has 2 N–H and O–H groups in total. The molecular formula is C16H21N3O4S2. The third-order valence-corrected chi connectivity index (χ3v) is 5.81. The number of amidine groups is 1. The second kappa shape index (κ2) is 8.48. The van der Waals surface area contributed by atoms with E-state index in [2.05, 4.69) is 15.6 Å². The number of thiophene rings is 1. The summed E-state index contributed by atoms with van der Waals surface area (Å²) >= 11 is 2.58. The number of nitrogens with one attached hydrogen (secondary N) is 2. The molecule has 0 saturated carbocycles. The minimum absolute atomic E-state index is 0.0114. The van der Waals surface area contributed by atoms with Crippen molar-refractivity contribution in [2.75, 3.05) is 18.5 Å². The van der Waals surface area contributed by atoms with Crippen molar-refractivity contribution in [3.63, 3.8) is 0 Å². The molecule has 0 aromatic carbocycles. The zero-order chi connectivity index (χ0) is 18.6. The fraction of sp³-hybridized carbons (Fsp3) is 0.500. The van der Waals surface area contributed by atoms with E-state index in [1.807, 2.05) is 20.8 Å². The Bertz CT molecular complexity index is 727. The van der Waals surface area contributed by atoms with Gasteiger partial charge < -0.3 is 15.4 Å². The summed E-state index contributed by atoms with van der Waals surface area (Å²) in [6, 6.07) is 0. The van der Waals surface area contributed by atoms with Crippen LogP contribution in [0, 0.1) is 13.8 Å². The highest BCUT2D eigenvalue weighted by Crippen LogP contribution is 2.33. The molecule has 1 saturated heterocycles. The SMILES string of the molecule is CC/N=C1/NC(=O)C(CC(=O)Nc2sc(C)c(C)c2C(=O)OCC)S1. The number of aryl methyl sites for hydroxylation is 1. The molecule has 2 amide bonds. The second-order valence-electron chi connectivity index (χ2n) is 5.34. The van der Waals surface area contributed by atoms with Crippen molar-refractivity contribution in [3.05, 3.63) is 16.0 Å². The molecule has 1 aromatic rings. The van der Waals surface area contributed by atoms with Crippen LogP contribution in [0.2, 0.25) is 0 Å². The fourth-order valence-corrected chi connectivity index (χ4v) is 4.37. The number of nitrogens with zero attached hydrogens (tertiary/aromatic N) is 1. The summed E-state index contributed by atoms with van der Waals surface area (Å²) < 4.78 is 5.07. The van der Waals surface area contributed by atoms with Crippen LogP contribution in [-0.4, -0.2) is 41.4 Å². The number of esters is 1. The van der Waals surface area contributed by atoms with E-state index in [9.17, 15) is 14.4 Å². The maximum Gasteiger partial charge on any atom is 0.341 e. The highest BCUT2D eigenvalue weighted by atomic mass is 32.2. The molecule has 1 aliphatic heterocycles. The smallest absolute Gasteiger partial charge is 0.341 e. The summed E-state index contributed by atoms with van der Waals surface area (Å²) in [6.07, 6.45) is 0.0114. The number of carbonyl (C=O) groups is 3. The standard InChI is InChI=1S/C16H21N3O4S2/c1-5-17-16-19-13(21)10(25-16)7-11(20)18-14-12(15(22)23-6-2)8(3)9(4)24-14/h10H,5-7H2,1-4H3,(H,18,20)(H,17,19,21). The Labute approximate surface area is 154 Å². The van der Waals surface area contributed by atoms with Gasteiger partial charge in [-0.25, -0.2) is 4.79 Å².